The molecule has 2 atom stereocenters. The summed E-state index contributed by atoms with van der Waals surface area (Å²) in [6.07, 6.45) is 1.43. The van der Waals surface area contributed by atoms with Crippen molar-refractivity contribution in [2.24, 2.45) is 0 Å². The number of amides is 3. The van der Waals surface area contributed by atoms with Crippen LogP contribution in [0.25, 0.3) is 0 Å². The predicted molar refractivity (Wildman–Crippen MR) is 116 cm³/mol. The summed E-state index contributed by atoms with van der Waals surface area (Å²) in [6, 6.07) is 10.8. The standard InChI is InChI=1S/C22H25N3O6S/c1-22(20(26)23-21(27)24-22)17-13-16(10-11-19(17)31-3)32(28,29)25-12-4-5-18(25)14-6-8-15(30-2)9-7-14/h6-11,13,18H,4-5,12H2,1-3H3,(H2,23,24,26,27)/t18-,22+/m0/s1. The number of ether oxygens (including phenoxy) is 2. The van der Waals surface area contributed by atoms with Gasteiger partial charge in [0.2, 0.25) is 10.0 Å². The fraction of sp³-hybridized carbons (Fsp3) is 0.364. The maximum Gasteiger partial charge on any atom is 0.322 e. The Balaban J connectivity index is 1.73. The lowest BCUT2D eigenvalue weighted by Crippen LogP contribution is -2.41. The first kappa shape index (κ1) is 22.1. The summed E-state index contributed by atoms with van der Waals surface area (Å²) in [5.74, 6) is 0.427. The van der Waals surface area contributed by atoms with Crippen LogP contribution in [0.3, 0.4) is 0 Å². The van der Waals surface area contributed by atoms with Crippen molar-refractivity contribution in [2.45, 2.75) is 36.2 Å². The van der Waals surface area contributed by atoms with E-state index in [9.17, 15) is 18.0 Å². The van der Waals surface area contributed by atoms with Gasteiger partial charge in [0, 0.05) is 12.1 Å². The zero-order valence-corrected chi connectivity index (χ0v) is 18.9. The van der Waals surface area contributed by atoms with E-state index in [0.717, 1.165) is 12.0 Å². The molecule has 2 fully saturated rings. The van der Waals surface area contributed by atoms with E-state index < -0.39 is 27.5 Å². The molecule has 0 aromatic heterocycles. The highest BCUT2D eigenvalue weighted by molar-refractivity contribution is 7.89. The Hall–Kier alpha value is -3.11. The van der Waals surface area contributed by atoms with E-state index in [1.165, 1.54) is 36.5 Å². The monoisotopic (exact) mass is 459 g/mol. The smallest absolute Gasteiger partial charge is 0.322 e. The normalized spacial score (nSPS) is 23.7. The molecule has 4 rings (SSSR count). The van der Waals surface area contributed by atoms with Crippen LogP contribution < -0.4 is 20.1 Å². The first-order chi connectivity index (χ1) is 15.2. The zero-order valence-electron chi connectivity index (χ0n) is 18.0. The predicted octanol–water partition coefficient (Wildman–Crippen LogP) is 2.28. The Morgan fingerprint density at radius 1 is 1.06 bits per heavy atom. The summed E-state index contributed by atoms with van der Waals surface area (Å²) < 4.78 is 39.3. The number of hydrogen-bond donors (Lipinski definition) is 2. The van der Waals surface area contributed by atoms with E-state index in [-0.39, 0.29) is 16.5 Å². The molecule has 9 nitrogen and oxygen atoms in total. The molecule has 0 aliphatic carbocycles. The maximum atomic E-state index is 13.6. The summed E-state index contributed by atoms with van der Waals surface area (Å²) in [7, 11) is -0.883. The van der Waals surface area contributed by atoms with Gasteiger partial charge in [-0.2, -0.15) is 4.31 Å². The lowest BCUT2D eigenvalue weighted by atomic mass is 9.91. The highest BCUT2D eigenvalue weighted by Gasteiger charge is 2.46. The van der Waals surface area contributed by atoms with Gasteiger partial charge in [0.1, 0.15) is 17.0 Å². The molecule has 0 spiro atoms. The first-order valence-corrected chi connectivity index (χ1v) is 11.6. The third-order valence-electron chi connectivity index (χ3n) is 6.07. The van der Waals surface area contributed by atoms with Crippen LogP contribution in [0.2, 0.25) is 0 Å². The SMILES string of the molecule is COc1ccc([C@@H]2CCCN2S(=O)(=O)c2ccc(OC)c([C@@]3(C)NC(=O)NC3=O)c2)cc1. The zero-order chi connectivity index (χ0) is 23.1. The molecule has 2 N–H and O–H groups in total. The van der Waals surface area contributed by atoms with Gasteiger partial charge in [-0.15, -0.1) is 0 Å². The summed E-state index contributed by atoms with van der Waals surface area (Å²) in [4.78, 5) is 24.3. The molecule has 0 saturated carbocycles. The van der Waals surface area contributed by atoms with Crippen molar-refractivity contribution in [2.75, 3.05) is 20.8 Å². The van der Waals surface area contributed by atoms with Crippen LogP contribution in [0.4, 0.5) is 4.79 Å². The highest BCUT2D eigenvalue weighted by Crippen LogP contribution is 2.39. The summed E-state index contributed by atoms with van der Waals surface area (Å²) in [5.41, 5.74) is -0.298. The van der Waals surface area contributed by atoms with Crippen LogP contribution in [0.15, 0.2) is 47.4 Å². The van der Waals surface area contributed by atoms with Gasteiger partial charge in [-0.1, -0.05) is 12.1 Å². The third kappa shape index (κ3) is 3.59. The second kappa shape index (κ2) is 8.10. The largest absolute Gasteiger partial charge is 0.497 e. The van der Waals surface area contributed by atoms with Crippen LogP contribution in [0.1, 0.15) is 36.9 Å². The molecule has 2 aliphatic heterocycles. The molecular weight excluding hydrogens is 434 g/mol. The minimum Gasteiger partial charge on any atom is -0.497 e. The topological polar surface area (TPSA) is 114 Å². The van der Waals surface area contributed by atoms with Gasteiger partial charge in [-0.05, 0) is 55.7 Å². The van der Waals surface area contributed by atoms with E-state index in [2.05, 4.69) is 10.6 Å². The lowest BCUT2D eigenvalue weighted by Gasteiger charge is -2.27. The minimum absolute atomic E-state index is 0.0314. The van der Waals surface area contributed by atoms with Crippen molar-refractivity contribution in [1.29, 1.82) is 0 Å². The highest BCUT2D eigenvalue weighted by atomic mass is 32.2. The molecule has 2 aliphatic rings. The number of carbonyl (C=O) groups excluding carboxylic acids is 2. The number of methoxy groups -OCH3 is 2. The van der Waals surface area contributed by atoms with Gasteiger partial charge >= 0.3 is 6.03 Å². The molecule has 3 amide bonds. The molecule has 170 valence electrons. The number of benzene rings is 2. The van der Waals surface area contributed by atoms with E-state index in [1.54, 1.807) is 7.11 Å². The number of imide groups is 1. The second-order valence-electron chi connectivity index (χ2n) is 7.94. The lowest BCUT2D eigenvalue weighted by molar-refractivity contribution is -0.123. The number of urea groups is 1. The molecule has 0 unspecified atom stereocenters. The van der Waals surface area contributed by atoms with Gasteiger partial charge < -0.3 is 14.8 Å². The van der Waals surface area contributed by atoms with Crippen molar-refractivity contribution in [3.8, 4) is 11.5 Å². The fourth-order valence-corrected chi connectivity index (χ4v) is 6.00. The molecular formula is C22H25N3O6S. The Labute approximate surface area is 186 Å². The van der Waals surface area contributed by atoms with Gasteiger partial charge in [0.25, 0.3) is 5.91 Å². The van der Waals surface area contributed by atoms with Crippen LogP contribution in [-0.2, 0) is 20.4 Å². The van der Waals surface area contributed by atoms with Crippen LogP contribution in [-0.4, -0.2) is 45.4 Å². The fourth-order valence-electron chi connectivity index (χ4n) is 4.29. The third-order valence-corrected chi connectivity index (χ3v) is 7.97. The van der Waals surface area contributed by atoms with Gasteiger partial charge in [0.15, 0.2) is 0 Å². The molecule has 10 heteroatoms. The quantitative estimate of drug-likeness (QED) is 0.641. The molecule has 2 heterocycles. The summed E-state index contributed by atoms with van der Waals surface area (Å²) >= 11 is 0. The second-order valence-corrected chi connectivity index (χ2v) is 9.83. The van der Waals surface area contributed by atoms with E-state index in [0.29, 0.717) is 24.5 Å². The number of carbonyl (C=O) groups is 2. The number of hydrogen-bond acceptors (Lipinski definition) is 6. The van der Waals surface area contributed by atoms with Crippen LogP contribution in [0.5, 0.6) is 11.5 Å². The molecule has 0 bridgehead atoms. The van der Waals surface area contributed by atoms with E-state index in [1.807, 2.05) is 24.3 Å². The van der Waals surface area contributed by atoms with Crippen molar-refractivity contribution < 1.29 is 27.5 Å². The average molecular weight is 460 g/mol. The molecule has 2 saturated heterocycles. The molecule has 0 radical (unpaired) electrons. The van der Waals surface area contributed by atoms with Gasteiger partial charge in [0.05, 0.1) is 25.2 Å². The molecule has 2 aromatic carbocycles. The van der Waals surface area contributed by atoms with Crippen LogP contribution in [0, 0.1) is 0 Å². The Morgan fingerprint density at radius 3 is 2.38 bits per heavy atom. The number of nitrogens with zero attached hydrogens (tertiary/aromatic N) is 1. The Morgan fingerprint density at radius 2 is 1.78 bits per heavy atom. The minimum atomic E-state index is -3.88. The number of nitrogens with one attached hydrogen (secondary N) is 2. The van der Waals surface area contributed by atoms with Crippen molar-refractivity contribution in [1.82, 2.24) is 14.9 Å². The Kier molecular flexibility index (Phi) is 5.59. The molecule has 2 aromatic rings. The van der Waals surface area contributed by atoms with E-state index >= 15 is 0 Å². The van der Waals surface area contributed by atoms with Gasteiger partial charge in [-0.25, -0.2) is 13.2 Å². The average Bonchev–Trinajstić information content (AvgIpc) is 3.38. The summed E-state index contributed by atoms with van der Waals surface area (Å²) in [6.45, 7) is 1.90. The molecule has 32 heavy (non-hydrogen) atoms. The van der Waals surface area contributed by atoms with Crippen molar-refractivity contribution in [3.63, 3.8) is 0 Å². The summed E-state index contributed by atoms with van der Waals surface area (Å²) in [5, 5.41) is 4.76. The van der Waals surface area contributed by atoms with Crippen LogP contribution >= 0.6 is 0 Å². The number of sulfonamides is 1. The van der Waals surface area contributed by atoms with Crippen molar-refractivity contribution >= 4 is 22.0 Å². The Bertz CT molecular complexity index is 1160. The first-order valence-electron chi connectivity index (χ1n) is 10.2. The van der Waals surface area contributed by atoms with E-state index in [4.69, 9.17) is 9.47 Å². The van der Waals surface area contributed by atoms with Gasteiger partial charge in [-0.3, -0.25) is 10.1 Å². The maximum absolute atomic E-state index is 13.6. The van der Waals surface area contributed by atoms with Crippen molar-refractivity contribution in [3.05, 3.63) is 53.6 Å². The number of rotatable bonds is 6.